The number of fused-ring (bicyclic) bond motifs is 3. The standard InChI is InChI=1S/C32H35N2.C11H8N.Ir/c1-30(2,3)20-22-12-14-23(15-13-22)24-16-18-25(19-17-24)26-21-33-34-28-11-9-8-10-27(28)31(4,5)32(6,7)29(26)34;1-2-6-10(7-3-1)11-8-4-5-9-12-11;/h8-10,12-19,21H,20H2,1-7H3;1-6,8-9H;/q2*-1;/i20D2;;. The first-order valence-electron chi connectivity index (χ1n) is 16.9. The van der Waals surface area contributed by atoms with Gasteiger partial charge in [-0.3, -0.25) is 4.68 Å². The van der Waals surface area contributed by atoms with Gasteiger partial charge in [-0.05, 0) is 56.9 Å². The fourth-order valence-electron chi connectivity index (χ4n) is 6.17. The number of benzene rings is 4. The monoisotopic (exact) mass is 796 g/mol. The fraction of sp³-hybridized carbons (Fsp3) is 0.256. The summed E-state index contributed by atoms with van der Waals surface area (Å²) in [5.41, 5.74) is 10.0. The van der Waals surface area contributed by atoms with Crippen LogP contribution in [0.25, 0.3) is 39.2 Å². The van der Waals surface area contributed by atoms with Crippen LogP contribution >= 0.6 is 0 Å². The number of nitrogens with zero attached hydrogens (tertiary/aromatic N) is 3. The number of para-hydroxylation sites is 1. The third-order valence-electron chi connectivity index (χ3n) is 9.23. The minimum absolute atomic E-state index is 0. The molecule has 1 aliphatic heterocycles. The largest absolute Gasteiger partial charge is 0.305 e. The molecule has 3 nitrogen and oxygen atoms in total. The van der Waals surface area contributed by atoms with Gasteiger partial charge >= 0.3 is 0 Å². The Balaban J connectivity index is 0.000000303. The van der Waals surface area contributed by atoms with E-state index in [1.165, 1.54) is 11.3 Å². The number of rotatable bonds is 4. The van der Waals surface area contributed by atoms with Gasteiger partial charge in [-0.15, -0.1) is 41.5 Å². The van der Waals surface area contributed by atoms with Crippen molar-refractivity contribution in [2.24, 2.45) is 5.41 Å². The van der Waals surface area contributed by atoms with Gasteiger partial charge in [0.05, 0.1) is 11.9 Å². The summed E-state index contributed by atoms with van der Waals surface area (Å²) in [7, 11) is 0. The molecule has 1 aliphatic rings. The van der Waals surface area contributed by atoms with Crippen molar-refractivity contribution in [2.75, 3.05) is 0 Å². The van der Waals surface area contributed by atoms with E-state index in [2.05, 4.69) is 85.9 Å². The first-order valence-corrected chi connectivity index (χ1v) is 15.9. The second-order valence-electron chi connectivity index (χ2n) is 14.0. The molecule has 0 N–H and O–H groups in total. The second kappa shape index (κ2) is 13.6. The maximum atomic E-state index is 8.54. The molecule has 0 fully saturated rings. The van der Waals surface area contributed by atoms with Gasteiger partial charge in [0.1, 0.15) is 0 Å². The molecule has 4 heteroatoms. The molecular weight excluding hydrogens is 751 g/mol. The van der Waals surface area contributed by atoms with Crippen molar-refractivity contribution in [1.82, 2.24) is 14.8 Å². The Bertz CT molecular complexity index is 1970. The topological polar surface area (TPSA) is 30.7 Å². The molecule has 241 valence electrons. The molecule has 0 unspecified atom stereocenters. The van der Waals surface area contributed by atoms with E-state index in [4.69, 9.17) is 7.84 Å². The summed E-state index contributed by atoms with van der Waals surface area (Å²) in [5.74, 6) is 0. The van der Waals surface area contributed by atoms with Gasteiger partial charge in [-0.25, -0.2) is 0 Å². The summed E-state index contributed by atoms with van der Waals surface area (Å²) < 4.78 is 19.2. The molecule has 0 bridgehead atoms. The number of aromatic nitrogens is 3. The fourth-order valence-corrected chi connectivity index (χ4v) is 6.17. The van der Waals surface area contributed by atoms with E-state index in [0.29, 0.717) is 5.56 Å². The van der Waals surface area contributed by atoms with Crippen molar-refractivity contribution in [3.05, 3.63) is 151 Å². The van der Waals surface area contributed by atoms with Crippen molar-refractivity contribution in [3.63, 3.8) is 0 Å². The number of pyridine rings is 1. The molecule has 0 saturated heterocycles. The number of hydrogen-bond acceptors (Lipinski definition) is 2. The van der Waals surface area contributed by atoms with Crippen LogP contribution in [0.4, 0.5) is 0 Å². The summed E-state index contributed by atoms with van der Waals surface area (Å²) >= 11 is 0. The van der Waals surface area contributed by atoms with Gasteiger partial charge in [-0.2, -0.15) is 29.4 Å². The van der Waals surface area contributed by atoms with Crippen molar-refractivity contribution in [3.8, 4) is 39.2 Å². The van der Waals surface area contributed by atoms with Gasteiger partial charge in [-0.1, -0.05) is 109 Å². The van der Waals surface area contributed by atoms with Crippen LogP contribution in [0.2, 0.25) is 0 Å². The van der Waals surface area contributed by atoms with Crippen LogP contribution in [0, 0.1) is 17.5 Å². The molecule has 0 aliphatic carbocycles. The molecule has 1 radical (unpaired) electrons. The Hall–Kier alpha value is -4.11. The number of hydrogen-bond donors (Lipinski definition) is 0. The van der Waals surface area contributed by atoms with Crippen molar-refractivity contribution < 1.29 is 22.8 Å². The molecule has 7 rings (SSSR count). The molecule has 6 aromatic rings. The Labute approximate surface area is 297 Å². The van der Waals surface area contributed by atoms with E-state index in [1.807, 2.05) is 99.8 Å². The first kappa shape index (κ1) is 31.5. The minimum atomic E-state index is -1.40. The molecule has 3 heterocycles. The maximum Gasteiger partial charge on any atom is 0.0575 e. The van der Waals surface area contributed by atoms with Gasteiger partial charge in [0.15, 0.2) is 0 Å². The van der Waals surface area contributed by atoms with E-state index in [9.17, 15) is 0 Å². The summed E-state index contributed by atoms with van der Waals surface area (Å²) in [6, 6.07) is 43.0. The van der Waals surface area contributed by atoms with Crippen LogP contribution in [0.15, 0.2) is 122 Å². The average molecular weight is 796 g/mol. The SMILES string of the molecule is [2H]C([2H])(c1ccc(-c2ccc(-c3cnn4c3C(C)(C)C(C)(C)c3ccc[c-]c3-4)cc2)cc1)C(C)(C)C.[Ir].[c-]1ccccc1-c1ccccn1. The Morgan fingerprint density at radius 1 is 0.723 bits per heavy atom. The molecular formula is C43H43IrN3-2. The van der Waals surface area contributed by atoms with Gasteiger partial charge in [0.25, 0.3) is 0 Å². The van der Waals surface area contributed by atoms with Crippen LogP contribution in [-0.2, 0) is 37.3 Å². The predicted octanol–water partition coefficient (Wildman–Crippen LogP) is 10.7. The van der Waals surface area contributed by atoms with Crippen molar-refractivity contribution in [1.29, 1.82) is 0 Å². The Kier molecular flexibility index (Phi) is 9.08. The molecule has 0 saturated carbocycles. The van der Waals surface area contributed by atoms with Gasteiger partial charge < -0.3 is 4.98 Å². The molecule has 47 heavy (non-hydrogen) atoms. The van der Waals surface area contributed by atoms with Gasteiger partial charge in [0, 0.05) is 40.0 Å². The van der Waals surface area contributed by atoms with E-state index >= 15 is 0 Å². The quantitative estimate of drug-likeness (QED) is 0.166. The summed E-state index contributed by atoms with van der Waals surface area (Å²) in [6.07, 6.45) is 2.38. The zero-order chi connectivity index (χ0) is 34.3. The van der Waals surface area contributed by atoms with Crippen LogP contribution in [0.5, 0.6) is 0 Å². The van der Waals surface area contributed by atoms with E-state index in [-0.39, 0.29) is 30.9 Å². The van der Waals surface area contributed by atoms with Crippen LogP contribution in [0.3, 0.4) is 0 Å². The predicted molar refractivity (Wildman–Crippen MR) is 191 cm³/mol. The zero-order valence-electron chi connectivity index (χ0n) is 30.2. The molecule has 4 aromatic carbocycles. The Morgan fingerprint density at radius 2 is 1.36 bits per heavy atom. The third kappa shape index (κ3) is 6.96. The molecule has 0 amide bonds. The minimum Gasteiger partial charge on any atom is -0.305 e. The molecule has 0 spiro atoms. The zero-order valence-corrected chi connectivity index (χ0v) is 30.6. The third-order valence-corrected chi connectivity index (χ3v) is 9.23. The van der Waals surface area contributed by atoms with Gasteiger partial charge in [0.2, 0.25) is 0 Å². The Morgan fingerprint density at radius 3 is 1.98 bits per heavy atom. The summed E-state index contributed by atoms with van der Waals surface area (Å²) in [6.45, 7) is 15.1. The maximum absolute atomic E-state index is 8.54. The van der Waals surface area contributed by atoms with Crippen molar-refractivity contribution in [2.45, 2.75) is 65.7 Å². The van der Waals surface area contributed by atoms with E-state index in [0.717, 1.165) is 39.2 Å². The molecule has 2 aromatic heterocycles. The van der Waals surface area contributed by atoms with Crippen LogP contribution < -0.4 is 0 Å². The second-order valence-corrected chi connectivity index (χ2v) is 14.0. The normalized spacial score (nSPS) is 15.0. The summed E-state index contributed by atoms with van der Waals surface area (Å²) in [4.78, 5) is 4.22. The average Bonchev–Trinajstić information content (AvgIpc) is 3.55. The van der Waals surface area contributed by atoms with Crippen LogP contribution in [-0.4, -0.2) is 14.8 Å². The van der Waals surface area contributed by atoms with E-state index < -0.39 is 11.8 Å². The summed E-state index contributed by atoms with van der Waals surface area (Å²) in [5, 5.41) is 4.82. The van der Waals surface area contributed by atoms with E-state index in [1.54, 1.807) is 6.20 Å². The smallest absolute Gasteiger partial charge is 0.0575 e. The molecule has 0 atom stereocenters. The first-order chi connectivity index (χ1) is 22.7. The van der Waals surface area contributed by atoms with Crippen LogP contribution in [0.1, 0.15) is 68.0 Å². The van der Waals surface area contributed by atoms with Crippen molar-refractivity contribution >= 4 is 0 Å².